The number of nitro groups is 1. The third-order valence-electron chi connectivity index (χ3n) is 3.43. The summed E-state index contributed by atoms with van der Waals surface area (Å²) < 4.78 is 4.77. The van der Waals surface area contributed by atoms with Crippen LogP contribution < -0.4 is 11.1 Å². The Kier molecular flexibility index (Phi) is 2.50. The first-order chi connectivity index (χ1) is 9.85. The Hall–Kier alpha value is -2.94. The number of hydrogen-bond acceptors (Lipinski definition) is 7. The van der Waals surface area contributed by atoms with Crippen molar-refractivity contribution < 1.29 is 19.3 Å². The summed E-state index contributed by atoms with van der Waals surface area (Å²) in [6.45, 7) is 1.51. The molecular formula is C12H10N4O5. The number of hydrogen-bond donors (Lipinski definition) is 3. The minimum Gasteiger partial charge on any atom is -0.371 e. The van der Waals surface area contributed by atoms with Gasteiger partial charge in [-0.15, -0.1) is 0 Å². The third-order valence-corrected chi connectivity index (χ3v) is 3.43. The van der Waals surface area contributed by atoms with E-state index >= 15 is 0 Å². The summed E-state index contributed by atoms with van der Waals surface area (Å²) in [5.41, 5.74) is 3.72. The van der Waals surface area contributed by atoms with Crippen LogP contribution in [0.2, 0.25) is 0 Å². The number of non-ortho nitro benzene ring substituents is 1. The zero-order chi connectivity index (χ0) is 15.4. The number of fused-ring (bicyclic) bond motifs is 1. The molecule has 9 heteroatoms. The van der Waals surface area contributed by atoms with Gasteiger partial charge in [-0.3, -0.25) is 14.9 Å². The summed E-state index contributed by atoms with van der Waals surface area (Å²) in [6.07, 6.45) is 0. The fraction of sp³-hybridized carbons (Fsp3) is 0.167. The number of aliphatic hydroxyl groups is 1. The molecular weight excluding hydrogens is 280 g/mol. The molecule has 0 saturated carbocycles. The lowest BCUT2D eigenvalue weighted by Gasteiger charge is -2.20. The van der Waals surface area contributed by atoms with Crippen molar-refractivity contribution in [1.29, 1.82) is 0 Å². The van der Waals surface area contributed by atoms with E-state index in [0.717, 1.165) is 6.07 Å². The van der Waals surface area contributed by atoms with Crippen LogP contribution in [-0.2, 0) is 10.4 Å². The molecule has 0 radical (unpaired) electrons. The van der Waals surface area contributed by atoms with Gasteiger partial charge in [0.1, 0.15) is 0 Å². The largest absolute Gasteiger partial charge is 0.371 e. The van der Waals surface area contributed by atoms with Crippen LogP contribution in [-0.4, -0.2) is 21.1 Å². The maximum atomic E-state index is 12.2. The van der Waals surface area contributed by atoms with Crippen molar-refractivity contribution in [3.8, 4) is 0 Å². The van der Waals surface area contributed by atoms with E-state index < -0.39 is 16.4 Å². The number of rotatable bonds is 2. The van der Waals surface area contributed by atoms with Crippen LogP contribution in [0.5, 0.6) is 0 Å². The highest BCUT2D eigenvalue weighted by Gasteiger charge is 2.51. The fourth-order valence-electron chi connectivity index (χ4n) is 2.46. The summed E-state index contributed by atoms with van der Waals surface area (Å²) in [5.74, 6) is -0.986. The Morgan fingerprint density at radius 2 is 2.24 bits per heavy atom. The van der Waals surface area contributed by atoms with E-state index in [4.69, 9.17) is 10.3 Å². The highest BCUT2D eigenvalue weighted by atomic mass is 16.6. The van der Waals surface area contributed by atoms with Crippen molar-refractivity contribution in [2.75, 3.05) is 11.1 Å². The molecule has 0 bridgehead atoms. The van der Waals surface area contributed by atoms with Gasteiger partial charge in [-0.1, -0.05) is 5.16 Å². The molecule has 0 aliphatic carbocycles. The predicted molar refractivity (Wildman–Crippen MR) is 70.4 cm³/mol. The Labute approximate surface area is 117 Å². The zero-order valence-electron chi connectivity index (χ0n) is 10.8. The number of nitrogens with zero attached hydrogens (tertiary/aromatic N) is 2. The number of nitrogens with two attached hydrogens (primary N) is 1. The van der Waals surface area contributed by atoms with Crippen LogP contribution >= 0.6 is 0 Å². The van der Waals surface area contributed by atoms with E-state index in [0.29, 0.717) is 0 Å². The summed E-state index contributed by atoms with van der Waals surface area (Å²) in [5, 5.41) is 27.8. The average Bonchev–Trinajstić information content (AvgIpc) is 2.89. The van der Waals surface area contributed by atoms with Gasteiger partial charge < -0.3 is 20.7 Å². The Morgan fingerprint density at radius 3 is 2.81 bits per heavy atom. The van der Waals surface area contributed by atoms with Gasteiger partial charge in [0.15, 0.2) is 0 Å². The molecule has 3 rings (SSSR count). The molecule has 2 aromatic rings. The van der Waals surface area contributed by atoms with Crippen molar-refractivity contribution in [2.45, 2.75) is 12.5 Å². The molecule has 0 spiro atoms. The molecule has 108 valence electrons. The molecule has 1 aromatic carbocycles. The van der Waals surface area contributed by atoms with Crippen LogP contribution in [0.4, 0.5) is 17.3 Å². The van der Waals surface area contributed by atoms with E-state index in [1.807, 2.05) is 0 Å². The molecule has 0 saturated heterocycles. The van der Waals surface area contributed by atoms with Crippen LogP contribution in [0, 0.1) is 17.0 Å². The molecule has 0 fully saturated rings. The molecule has 9 nitrogen and oxygen atoms in total. The molecule has 1 aromatic heterocycles. The summed E-state index contributed by atoms with van der Waals surface area (Å²) in [4.78, 5) is 22.4. The summed E-state index contributed by atoms with van der Waals surface area (Å²) >= 11 is 0. The first kappa shape index (κ1) is 13.1. The van der Waals surface area contributed by atoms with Crippen molar-refractivity contribution in [1.82, 2.24) is 5.16 Å². The second-order valence-electron chi connectivity index (χ2n) is 4.66. The third kappa shape index (κ3) is 1.61. The fourth-order valence-corrected chi connectivity index (χ4v) is 2.46. The van der Waals surface area contributed by atoms with E-state index in [9.17, 15) is 20.0 Å². The van der Waals surface area contributed by atoms with Gasteiger partial charge in [-0.25, -0.2) is 0 Å². The minimum absolute atomic E-state index is 0.0146. The second kappa shape index (κ2) is 4.03. The number of carbonyl (C=O) groups excluding carboxylic acids is 1. The zero-order valence-corrected chi connectivity index (χ0v) is 10.8. The van der Waals surface area contributed by atoms with Gasteiger partial charge >= 0.3 is 0 Å². The molecule has 1 aliphatic rings. The maximum absolute atomic E-state index is 12.2. The van der Waals surface area contributed by atoms with E-state index in [1.54, 1.807) is 0 Å². The van der Waals surface area contributed by atoms with Crippen molar-refractivity contribution in [3.05, 3.63) is 45.1 Å². The summed E-state index contributed by atoms with van der Waals surface area (Å²) in [6, 6.07) is 3.70. The van der Waals surface area contributed by atoms with Crippen LogP contribution in [0.25, 0.3) is 0 Å². The lowest BCUT2D eigenvalue weighted by molar-refractivity contribution is -0.385. The SMILES string of the molecule is Cc1noc(N)c1[C@]1(O)C(=O)Nc2ccc([N+](=O)[O-])cc21. The molecule has 4 N–H and O–H groups in total. The van der Waals surface area contributed by atoms with Crippen LogP contribution in [0.3, 0.4) is 0 Å². The number of nitrogens with one attached hydrogen (secondary N) is 1. The van der Waals surface area contributed by atoms with E-state index in [1.165, 1.54) is 19.1 Å². The normalized spacial score (nSPS) is 20.2. The van der Waals surface area contributed by atoms with Gasteiger partial charge in [0, 0.05) is 23.4 Å². The monoisotopic (exact) mass is 290 g/mol. The number of nitro benzene ring substituents is 1. The molecule has 0 unspecified atom stereocenters. The molecule has 1 aliphatic heterocycles. The average molecular weight is 290 g/mol. The van der Waals surface area contributed by atoms with Gasteiger partial charge in [0.25, 0.3) is 11.6 Å². The molecule has 1 atom stereocenters. The number of carbonyl (C=O) groups is 1. The quantitative estimate of drug-likeness (QED) is 0.544. The number of anilines is 2. The summed E-state index contributed by atoms with van der Waals surface area (Å²) in [7, 11) is 0. The highest BCUT2D eigenvalue weighted by Crippen LogP contribution is 2.45. The van der Waals surface area contributed by atoms with E-state index in [-0.39, 0.29) is 34.1 Å². The lowest BCUT2D eigenvalue weighted by atomic mass is 9.87. The first-order valence-corrected chi connectivity index (χ1v) is 5.90. The molecule has 1 amide bonds. The Balaban J connectivity index is 2.29. The predicted octanol–water partition coefficient (Wildman–Crippen LogP) is 0.661. The van der Waals surface area contributed by atoms with Crippen LogP contribution in [0.15, 0.2) is 22.7 Å². The lowest BCUT2D eigenvalue weighted by Crippen LogP contribution is -2.36. The van der Waals surface area contributed by atoms with Gasteiger partial charge in [-0.2, -0.15) is 0 Å². The number of nitrogen functional groups attached to an aromatic ring is 1. The maximum Gasteiger partial charge on any atom is 0.269 e. The van der Waals surface area contributed by atoms with Crippen LogP contribution in [0.1, 0.15) is 16.8 Å². The number of benzene rings is 1. The second-order valence-corrected chi connectivity index (χ2v) is 4.66. The standard InChI is InChI=1S/C12H10N4O5/c1-5-9(10(13)21-15-5)12(18)7-4-6(16(19)20)2-3-8(7)14-11(12)17/h2-4,18H,13H2,1H3,(H,14,17)/t12-/m0/s1. The molecule has 21 heavy (non-hydrogen) atoms. The Morgan fingerprint density at radius 1 is 1.52 bits per heavy atom. The van der Waals surface area contributed by atoms with E-state index in [2.05, 4.69) is 10.5 Å². The number of amides is 1. The Bertz CT molecular complexity index is 764. The topological polar surface area (TPSA) is 145 Å². The van der Waals surface area contributed by atoms with Gasteiger partial charge in [0.2, 0.25) is 11.5 Å². The minimum atomic E-state index is -2.17. The number of aryl methyl sites for hydroxylation is 1. The van der Waals surface area contributed by atoms with Crippen molar-refractivity contribution in [2.24, 2.45) is 0 Å². The smallest absolute Gasteiger partial charge is 0.269 e. The van der Waals surface area contributed by atoms with Crippen molar-refractivity contribution in [3.63, 3.8) is 0 Å². The number of aromatic nitrogens is 1. The molecule has 2 heterocycles. The van der Waals surface area contributed by atoms with Gasteiger partial charge in [0.05, 0.1) is 16.2 Å². The van der Waals surface area contributed by atoms with Crippen molar-refractivity contribution >= 4 is 23.2 Å². The first-order valence-electron chi connectivity index (χ1n) is 5.90. The van der Waals surface area contributed by atoms with Gasteiger partial charge in [-0.05, 0) is 13.0 Å². The highest BCUT2D eigenvalue weighted by molar-refractivity contribution is 6.08.